The van der Waals surface area contributed by atoms with E-state index in [4.69, 9.17) is 5.11 Å². The van der Waals surface area contributed by atoms with Gasteiger partial charge in [0.25, 0.3) is 0 Å². The topological polar surface area (TPSA) is 69.6 Å². The lowest BCUT2D eigenvalue weighted by atomic mass is 10.1. The third-order valence-corrected chi connectivity index (χ3v) is 3.45. The second-order valence-corrected chi connectivity index (χ2v) is 5.12. The number of hydrogen-bond donors (Lipinski definition) is 2. The maximum atomic E-state index is 11.6. The van der Waals surface area contributed by atoms with Gasteiger partial charge in [-0.15, -0.1) is 11.8 Å². The van der Waals surface area contributed by atoms with Crippen LogP contribution >= 0.6 is 11.8 Å². The molecule has 92 valence electrons. The van der Waals surface area contributed by atoms with E-state index in [0.717, 1.165) is 0 Å². The largest absolute Gasteiger partial charge is 0.394 e. The quantitative estimate of drug-likeness (QED) is 0.696. The van der Waals surface area contributed by atoms with Gasteiger partial charge in [0.05, 0.1) is 24.3 Å². The van der Waals surface area contributed by atoms with Gasteiger partial charge in [-0.05, 0) is 5.92 Å². The molecule has 1 rings (SSSR count). The van der Waals surface area contributed by atoms with Crippen LogP contribution in [-0.2, 0) is 9.59 Å². The van der Waals surface area contributed by atoms with Crippen LogP contribution in [0.25, 0.3) is 0 Å². The smallest absolute Gasteiger partial charge is 0.239 e. The maximum Gasteiger partial charge on any atom is 0.239 e. The summed E-state index contributed by atoms with van der Waals surface area (Å²) < 4.78 is 0. The van der Waals surface area contributed by atoms with Gasteiger partial charge < -0.3 is 15.3 Å². The van der Waals surface area contributed by atoms with Gasteiger partial charge in [0.2, 0.25) is 11.8 Å². The van der Waals surface area contributed by atoms with E-state index in [1.807, 2.05) is 13.8 Å². The fourth-order valence-electron chi connectivity index (χ4n) is 1.39. The lowest BCUT2D eigenvalue weighted by molar-refractivity contribution is -0.132. The van der Waals surface area contributed by atoms with Crippen LogP contribution in [0.5, 0.6) is 0 Å². The highest BCUT2D eigenvalue weighted by molar-refractivity contribution is 8.00. The Kier molecular flexibility index (Phi) is 5.08. The number of nitrogens with zero attached hydrogens (tertiary/aromatic N) is 1. The van der Waals surface area contributed by atoms with Crippen LogP contribution < -0.4 is 5.32 Å². The molecule has 0 bridgehead atoms. The average molecular weight is 246 g/mol. The van der Waals surface area contributed by atoms with E-state index in [-0.39, 0.29) is 36.9 Å². The molecule has 0 aromatic carbocycles. The van der Waals surface area contributed by atoms with Crippen molar-refractivity contribution < 1.29 is 14.7 Å². The van der Waals surface area contributed by atoms with Crippen LogP contribution in [0.4, 0.5) is 0 Å². The first-order valence-corrected chi connectivity index (χ1v) is 6.45. The Labute approximate surface area is 99.6 Å². The van der Waals surface area contributed by atoms with Crippen molar-refractivity contribution in [3.8, 4) is 0 Å². The Morgan fingerprint density at radius 2 is 2.31 bits per heavy atom. The molecule has 16 heavy (non-hydrogen) atoms. The van der Waals surface area contributed by atoms with Gasteiger partial charge in [-0.2, -0.15) is 0 Å². The standard InChI is InChI=1S/C10H18N2O3S/c1-7(2)8(4-13)11-9(14)3-12-6-16-5-10(12)15/h7-8,13H,3-6H2,1-2H3,(H,11,14). The van der Waals surface area contributed by atoms with E-state index >= 15 is 0 Å². The molecule has 1 aliphatic rings. The normalized spacial score (nSPS) is 18.0. The predicted octanol–water partition coefficient (Wildman–Crippen LogP) is -0.348. The number of amides is 2. The minimum atomic E-state index is -0.238. The number of hydrogen-bond acceptors (Lipinski definition) is 4. The Balaban J connectivity index is 2.37. The monoisotopic (exact) mass is 246 g/mol. The minimum Gasteiger partial charge on any atom is -0.394 e. The third kappa shape index (κ3) is 3.68. The molecule has 1 atom stereocenters. The summed E-state index contributed by atoms with van der Waals surface area (Å²) >= 11 is 1.51. The van der Waals surface area contributed by atoms with E-state index in [0.29, 0.717) is 11.6 Å². The van der Waals surface area contributed by atoms with Crippen molar-refractivity contribution in [2.75, 3.05) is 24.8 Å². The first-order chi connectivity index (χ1) is 7.54. The number of rotatable bonds is 5. The van der Waals surface area contributed by atoms with Crippen molar-refractivity contribution in [3.63, 3.8) is 0 Å². The zero-order chi connectivity index (χ0) is 12.1. The molecule has 2 amide bonds. The predicted molar refractivity (Wildman–Crippen MR) is 62.9 cm³/mol. The van der Waals surface area contributed by atoms with Gasteiger partial charge in [0.15, 0.2) is 0 Å². The summed E-state index contributed by atoms with van der Waals surface area (Å²) in [6, 6.07) is -0.238. The Bertz CT molecular complexity index is 271. The Hall–Kier alpha value is -0.750. The first kappa shape index (κ1) is 13.3. The summed E-state index contributed by atoms with van der Waals surface area (Å²) in [7, 11) is 0. The van der Waals surface area contributed by atoms with E-state index in [9.17, 15) is 9.59 Å². The summed E-state index contributed by atoms with van der Waals surface area (Å²) in [5.74, 6) is 1.02. The average Bonchev–Trinajstić information content (AvgIpc) is 2.60. The summed E-state index contributed by atoms with van der Waals surface area (Å²) in [4.78, 5) is 24.4. The number of carbonyl (C=O) groups excluding carboxylic acids is 2. The van der Waals surface area contributed by atoms with Crippen LogP contribution in [0.1, 0.15) is 13.8 Å². The molecule has 0 aliphatic carbocycles. The summed E-state index contributed by atoms with van der Waals surface area (Å²) in [6.07, 6.45) is 0. The second-order valence-electron chi connectivity index (χ2n) is 4.17. The van der Waals surface area contributed by atoms with Gasteiger partial charge in [-0.3, -0.25) is 9.59 Å². The Morgan fingerprint density at radius 3 is 2.75 bits per heavy atom. The molecule has 1 saturated heterocycles. The molecule has 1 aliphatic heterocycles. The molecule has 0 aromatic heterocycles. The van der Waals surface area contributed by atoms with Crippen molar-refractivity contribution >= 4 is 23.6 Å². The first-order valence-electron chi connectivity index (χ1n) is 5.30. The van der Waals surface area contributed by atoms with E-state index < -0.39 is 0 Å². The highest BCUT2D eigenvalue weighted by Gasteiger charge is 2.24. The molecule has 1 unspecified atom stereocenters. The van der Waals surface area contributed by atoms with Crippen LogP contribution in [0.15, 0.2) is 0 Å². The molecule has 0 saturated carbocycles. The molecule has 0 aromatic rings. The number of nitrogens with one attached hydrogen (secondary N) is 1. The van der Waals surface area contributed by atoms with Crippen LogP contribution in [0.3, 0.4) is 0 Å². The number of aliphatic hydroxyl groups excluding tert-OH is 1. The van der Waals surface area contributed by atoms with Crippen molar-refractivity contribution in [1.29, 1.82) is 0 Å². The summed E-state index contributed by atoms with van der Waals surface area (Å²) in [5.41, 5.74) is 0. The van der Waals surface area contributed by atoms with Crippen molar-refractivity contribution in [2.45, 2.75) is 19.9 Å². The maximum absolute atomic E-state index is 11.6. The Morgan fingerprint density at radius 1 is 1.62 bits per heavy atom. The number of aliphatic hydroxyl groups is 1. The molecule has 1 fully saturated rings. The molecular formula is C10H18N2O3S. The summed E-state index contributed by atoms with van der Waals surface area (Å²) in [6.45, 7) is 3.87. The van der Waals surface area contributed by atoms with Gasteiger partial charge in [-0.1, -0.05) is 13.8 Å². The van der Waals surface area contributed by atoms with Crippen molar-refractivity contribution in [1.82, 2.24) is 10.2 Å². The van der Waals surface area contributed by atoms with Crippen molar-refractivity contribution in [2.24, 2.45) is 5.92 Å². The molecule has 0 spiro atoms. The third-order valence-electron chi connectivity index (χ3n) is 2.51. The van der Waals surface area contributed by atoms with E-state index in [1.54, 1.807) is 0 Å². The van der Waals surface area contributed by atoms with Crippen LogP contribution in [-0.4, -0.2) is 52.6 Å². The van der Waals surface area contributed by atoms with E-state index in [2.05, 4.69) is 5.32 Å². The molecule has 2 N–H and O–H groups in total. The van der Waals surface area contributed by atoms with Crippen LogP contribution in [0, 0.1) is 5.92 Å². The van der Waals surface area contributed by atoms with Gasteiger partial charge in [-0.25, -0.2) is 0 Å². The van der Waals surface area contributed by atoms with Gasteiger partial charge >= 0.3 is 0 Å². The SMILES string of the molecule is CC(C)C(CO)NC(=O)CN1CSCC1=O. The number of thioether (sulfide) groups is 1. The summed E-state index contributed by atoms with van der Waals surface area (Å²) in [5, 5.41) is 11.8. The van der Waals surface area contributed by atoms with Crippen molar-refractivity contribution in [3.05, 3.63) is 0 Å². The highest BCUT2D eigenvalue weighted by atomic mass is 32.2. The van der Waals surface area contributed by atoms with Crippen LogP contribution in [0.2, 0.25) is 0 Å². The zero-order valence-electron chi connectivity index (χ0n) is 9.60. The van der Waals surface area contributed by atoms with E-state index in [1.165, 1.54) is 16.7 Å². The van der Waals surface area contributed by atoms with Gasteiger partial charge in [0.1, 0.15) is 6.54 Å². The molecule has 0 radical (unpaired) electrons. The molecule has 6 heteroatoms. The van der Waals surface area contributed by atoms with Gasteiger partial charge in [0, 0.05) is 0 Å². The molecule has 1 heterocycles. The lowest BCUT2D eigenvalue weighted by Crippen LogP contribution is -2.46. The minimum absolute atomic E-state index is 0.00486. The lowest BCUT2D eigenvalue weighted by Gasteiger charge is -2.21. The second kappa shape index (κ2) is 6.10. The fourth-order valence-corrected chi connectivity index (χ4v) is 2.29. The molecular weight excluding hydrogens is 228 g/mol. The zero-order valence-corrected chi connectivity index (χ0v) is 10.4. The fraction of sp³-hybridized carbons (Fsp3) is 0.800. The molecule has 5 nitrogen and oxygen atoms in total. The highest BCUT2D eigenvalue weighted by Crippen LogP contribution is 2.14. The number of carbonyl (C=O) groups is 2.